The summed E-state index contributed by atoms with van der Waals surface area (Å²) in [7, 11) is -16.8. The van der Waals surface area contributed by atoms with E-state index < -0.39 is 73.1 Å². The molecule has 0 aromatic heterocycles. The van der Waals surface area contributed by atoms with Crippen molar-refractivity contribution in [3.05, 3.63) is 0 Å². The van der Waals surface area contributed by atoms with Gasteiger partial charge in [0, 0.05) is 0 Å². The summed E-state index contributed by atoms with van der Waals surface area (Å²) in [5, 5.41) is 21.9. The SMILES string of the molecule is O=C1NC(=O)N([C@@H]2O[C@H](COP(=O)(O)OP(=O)(O)OP(=O)(O)O)[C@@H](O)[C@H]2O)CC1=S. The lowest BCUT2D eigenvalue weighted by molar-refractivity contribution is -0.116. The molecule has 2 saturated heterocycles. The number of aliphatic hydroxyl groups is 2. The van der Waals surface area contributed by atoms with Gasteiger partial charge in [0.2, 0.25) is 0 Å². The smallest absolute Gasteiger partial charge is 0.387 e. The standard InChI is InChI=1S/C9H15N2O15P3S/c12-5-3(2-23-28(19,20)26-29(21,22)25-27(16,17)18)24-8(6(5)13)11-1-4(30)7(14)10-9(11)15/h3,5-6,8,12-13H,1-2H2,(H,19,20)(H,21,22)(H,10,14,15)(H2,16,17,18)/t3-,5-,6-,8-/m1/s1. The van der Waals surface area contributed by atoms with Gasteiger partial charge in [-0.3, -0.25) is 19.5 Å². The first-order valence-electron chi connectivity index (χ1n) is 7.46. The Kier molecular flexibility index (Phi) is 7.72. The molecule has 6 atom stereocenters. The predicted molar refractivity (Wildman–Crippen MR) is 93.3 cm³/mol. The van der Waals surface area contributed by atoms with E-state index in [0.29, 0.717) is 0 Å². The number of amides is 3. The molecule has 0 aliphatic carbocycles. The van der Waals surface area contributed by atoms with Gasteiger partial charge in [-0.25, -0.2) is 18.5 Å². The zero-order valence-corrected chi connectivity index (χ0v) is 17.8. The van der Waals surface area contributed by atoms with Crippen LogP contribution in [0, 0.1) is 0 Å². The fraction of sp³-hybridized carbons (Fsp3) is 0.667. The van der Waals surface area contributed by atoms with Gasteiger partial charge in [0.15, 0.2) is 6.23 Å². The van der Waals surface area contributed by atoms with Crippen LogP contribution in [0.1, 0.15) is 0 Å². The minimum absolute atomic E-state index is 0.225. The quantitative estimate of drug-likeness (QED) is 0.132. The molecule has 7 N–H and O–H groups in total. The third kappa shape index (κ3) is 6.66. The van der Waals surface area contributed by atoms with Gasteiger partial charge in [-0.1, -0.05) is 12.2 Å². The Labute approximate surface area is 172 Å². The number of nitrogens with one attached hydrogen (secondary N) is 1. The number of thiocarbonyl (C=S) groups is 1. The van der Waals surface area contributed by atoms with Crippen LogP contribution in [0.25, 0.3) is 0 Å². The highest BCUT2D eigenvalue weighted by atomic mass is 32.1. The number of phosphoric acid groups is 3. The largest absolute Gasteiger partial charge is 0.490 e. The Balaban J connectivity index is 2.00. The van der Waals surface area contributed by atoms with E-state index in [9.17, 15) is 38.4 Å². The monoisotopic (exact) mass is 516 g/mol. The van der Waals surface area contributed by atoms with Gasteiger partial charge in [-0.2, -0.15) is 8.62 Å². The first-order valence-corrected chi connectivity index (χ1v) is 12.4. The van der Waals surface area contributed by atoms with Crippen LogP contribution in [-0.2, 0) is 36.4 Å². The van der Waals surface area contributed by atoms with Crippen molar-refractivity contribution in [3.63, 3.8) is 0 Å². The highest BCUT2D eigenvalue weighted by molar-refractivity contribution is 7.82. The van der Waals surface area contributed by atoms with Crippen molar-refractivity contribution in [1.29, 1.82) is 0 Å². The van der Waals surface area contributed by atoms with Gasteiger partial charge in [-0.05, 0) is 0 Å². The molecule has 21 heteroatoms. The van der Waals surface area contributed by atoms with E-state index in [4.69, 9.17) is 31.6 Å². The molecule has 0 spiro atoms. The molecular formula is C9H15N2O15P3S. The number of aliphatic hydroxyl groups excluding tert-OH is 2. The number of carbonyl (C=O) groups excluding carboxylic acids is 2. The molecule has 2 unspecified atom stereocenters. The van der Waals surface area contributed by atoms with Crippen LogP contribution in [0.15, 0.2) is 0 Å². The number of urea groups is 1. The summed E-state index contributed by atoms with van der Waals surface area (Å²) in [5.74, 6) is -0.830. The Morgan fingerprint density at radius 1 is 1.07 bits per heavy atom. The highest BCUT2D eigenvalue weighted by Crippen LogP contribution is 2.66. The molecule has 2 heterocycles. The third-order valence-corrected chi connectivity index (χ3v) is 7.63. The Hall–Kier alpha value is -0.680. The molecule has 2 fully saturated rings. The topological polar surface area (TPSA) is 259 Å². The molecular weight excluding hydrogens is 501 g/mol. The summed E-state index contributed by atoms with van der Waals surface area (Å²) in [4.78, 5) is 59.1. The minimum Gasteiger partial charge on any atom is -0.387 e. The number of hydrogen-bond donors (Lipinski definition) is 7. The molecule has 3 amide bonds. The molecule has 0 saturated carbocycles. The van der Waals surface area contributed by atoms with Gasteiger partial charge >= 0.3 is 29.5 Å². The normalized spacial score (nSPS) is 31.9. The van der Waals surface area contributed by atoms with E-state index in [1.54, 1.807) is 0 Å². The van der Waals surface area contributed by atoms with Crippen molar-refractivity contribution in [2.75, 3.05) is 13.2 Å². The zero-order chi connectivity index (χ0) is 23.1. The number of nitrogens with zero attached hydrogens (tertiary/aromatic N) is 1. The predicted octanol–water partition coefficient (Wildman–Crippen LogP) is -2.30. The molecule has 0 aromatic carbocycles. The first-order chi connectivity index (χ1) is 13.5. The lowest BCUT2D eigenvalue weighted by atomic mass is 10.1. The van der Waals surface area contributed by atoms with Gasteiger partial charge in [0.25, 0.3) is 5.91 Å². The number of rotatable bonds is 8. The van der Waals surface area contributed by atoms with Crippen molar-refractivity contribution in [3.8, 4) is 0 Å². The summed E-state index contributed by atoms with van der Waals surface area (Å²) in [6.07, 6.45) is -6.73. The molecule has 2 aliphatic rings. The van der Waals surface area contributed by atoms with Gasteiger partial charge in [0.1, 0.15) is 18.3 Å². The summed E-state index contributed by atoms with van der Waals surface area (Å²) < 4.78 is 50.0. The van der Waals surface area contributed by atoms with Crippen LogP contribution in [0.4, 0.5) is 4.79 Å². The molecule has 30 heavy (non-hydrogen) atoms. The van der Waals surface area contributed by atoms with Crippen LogP contribution in [0.2, 0.25) is 0 Å². The van der Waals surface area contributed by atoms with Crippen molar-refractivity contribution in [2.45, 2.75) is 24.5 Å². The third-order valence-electron chi connectivity index (χ3n) is 3.51. The van der Waals surface area contributed by atoms with E-state index in [1.165, 1.54) is 0 Å². The maximum Gasteiger partial charge on any atom is 0.490 e. The number of carbonyl (C=O) groups is 2. The van der Waals surface area contributed by atoms with Crippen LogP contribution >= 0.6 is 35.7 Å². The van der Waals surface area contributed by atoms with E-state index in [1.807, 2.05) is 5.32 Å². The Bertz CT molecular complexity index is 875. The number of phosphoric ester groups is 1. The van der Waals surface area contributed by atoms with Crippen LogP contribution < -0.4 is 5.32 Å². The number of hydrogen-bond acceptors (Lipinski definition) is 12. The Morgan fingerprint density at radius 2 is 1.67 bits per heavy atom. The van der Waals surface area contributed by atoms with E-state index in [2.05, 4.69) is 13.1 Å². The second-order valence-electron chi connectivity index (χ2n) is 5.74. The van der Waals surface area contributed by atoms with Crippen molar-refractivity contribution in [1.82, 2.24) is 10.2 Å². The average Bonchev–Trinajstić information content (AvgIpc) is 2.81. The minimum atomic E-state index is -5.74. The summed E-state index contributed by atoms with van der Waals surface area (Å²) in [5.41, 5.74) is 0. The van der Waals surface area contributed by atoms with Crippen LogP contribution in [0.5, 0.6) is 0 Å². The molecule has 2 aliphatic heterocycles. The van der Waals surface area contributed by atoms with E-state index in [-0.39, 0.29) is 4.86 Å². The van der Waals surface area contributed by atoms with E-state index in [0.717, 1.165) is 4.90 Å². The molecule has 0 bridgehead atoms. The second-order valence-corrected chi connectivity index (χ2v) is 10.7. The van der Waals surface area contributed by atoms with Crippen molar-refractivity contribution >= 4 is 52.5 Å². The van der Waals surface area contributed by atoms with E-state index >= 15 is 0 Å². The second kappa shape index (κ2) is 9.05. The molecule has 0 aromatic rings. The van der Waals surface area contributed by atoms with Crippen molar-refractivity contribution in [2.24, 2.45) is 0 Å². The number of imide groups is 1. The lowest BCUT2D eigenvalue weighted by Crippen LogP contribution is -2.60. The lowest BCUT2D eigenvalue weighted by Gasteiger charge is -2.33. The first kappa shape index (κ1) is 25.6. The summed E-state index contributed by atoms with van der Waals surface area (Å²) in [6.45, 7) is -1.49. The molecule has 2 rings (SSSR count). The number of ether oxygens (including phenoxy) is 1. The maximum absolute atomic E-state index is 11.9. The fourth-order valence-corrected chi connectivity index (χ4v) is 5.56. The summed E-state index contributed by atoms with van der Waals surface area (Å²) in [6, 6.07) is -1.00. The summed E-state index contributed by atoms with van der Waals surface area (Å²) >= 11 is 4.75. The van der Waals surface area contributed by atoms with Crippen molar-refractivity contribution < 1.29 is 71.0 Å². The fourth-order valence-electron chi connectivity index (χ4n) is 2.34. The van der Waals surface area contributed by atoms with Crippen LogP contribution in [0.3, 0.4) is 0 Å². The Morgan fingerprint density at radius 3 is 2.23 bits per heavy atom. The van der Waals surface area contributed by atoms with Gasteiger partial charge in [0.05, 0.1) is 18.0 Å². The maximum atomic E-state index is 11.9. The molecule has 17 nitrogen and oxygen atoms in total. The highest BCUT2D eigenvalue weighted by Gasteiger charge is 2.50. The average molecular weight is 516 g/mol. The molecule has 0 radical (unpaired) electrons. The zero-order valence-electron chi connectivity index (χ0n) is 14.3. The van der Waals surface area contributed by atoms with Crippen LogP contribution in [-0.4, -0.2) is 89.2 Å². The van der Waals surface area contributed by atoms with Gasteiger partial charge < -0.3 is 34.5 Å². The molecule has 172 valence electrons. The van der Waals surface area contributed by atoms with Gasteiger partial charge in [-0.15, -0.1) is 0 Å².